The Morgan fingerprint density at radius 1 is 1.16 bits per heavy atom. The van der Waals surface area contributed by atoms with Crippen LogP contribution >= 0.6 is 0 Å². The van der Waals surface area contributed by atoms with E-state index in [2.05, 4.69) is 16.0 Å². The number of carbonyl (C=O) groups excluding carboxylic acids is 2. The molecule has 1 rings (SSSR count). The van der Waals surface area contributed by atoms with E-state index in [-0.39, 0.29) is 17.9 Å². The molecule has 0 fully saturated rings. The highest BCUT2D eigenvalue weighted by molar-refractivity contribution is 5.88. The van der Waals surface area contributed by atoms with Crippen LogP contribution < -0.4 is 16.0 Å². The van der Waals surface area contributed by atoms with Gasteiger partial charge in [0.05, 0.1) is 6.54 Å². The minimum Gasteiger partial charge on any atom is -0.353 e. The summed E-state index contributed by atoms with van der Waals surface area (Å²) in [6.07, 6.45) is 0. The Morgan fingerprint density at radius 3 is 2.32 bits per heavy atom. The molecule has 0 aliphatic heterocycles. The van der Waals surface area contributed by atoms with Crippen LogP contribution in [0.2, 0.25) is 0 Å². The highest BCUT2D eigenvalue weighted by Crippen LogP contribution is 2.09. The number of carbonyl (C=O) groups is 2. The van der Waals surface area contributed by atoms with Crippen molar-refractivity contribution in [3.8, 4) is 0 Å². The first-order chi connectivity index (χ1) is 8.97. The Kier molecular flexibility index (Phi) is 6.02. The highest BCUT2D eigenvalue weighted by atomic mass is 16.2. The fourth-order valence-corrected chi connectivity index (χ4v) is 1.60. The number of nitrogens with one attached hydrogen (secondary N) is 3. The van der Waals surface area contributed by atoms with Crippen molar-refractivity contribution in [2.45, 2.75) is 33.4 Å². The topological polar surface area (TPSA) is 70.2 Å². The van der Waals surface area contributed by atoms with Gasteiger partial charge >= 0.3 is 0 Å². The number of benzene rings is 1. The van der Waals surface area contributed by atoms with Crippen LogP contribution in [0.1, 0.15) is 26.3 Å². The third kappa shape index (κ3) is 6.57. The fraction of sp³-hybridized carbons (Fsp3) is 0.429. The molecule has 0 saturated heterocycles. The van der Waals surface area contributed by atoms with E-state index in [1.54, 1.807) is 0 Å². The van der Waals surface area contributed by atoms with Crippen LogP contribution in [0, 0.1) is 0 Å². The fourth-order valence-electron chi connectivity index (χ4n) is 1.60. The smallest absolute Gasteiger partial charge is 0.234 e. The van der Waals surface area contributed by atoms with E-state index in [4.69, 9.17) is 0 Å². The number of anilines is 1. The normalized spacial score (nSPS) is 10.3. The van der Waals surface area contributed by atoms with Crippen molar-refractivity contribution in [2.24, 2.45) is 0 Å². The summed E-state index contributed by atoms with van der Waals surface area (Å²) in [4.78, 5) is 22.3. The monoisotopic (exact) mass is 263 g/mol. The number of rotatable bonds is 6. The molecule has 0 unspecified atom stereocenters. The lowest BCUT2D eigenvalue weighted by Crippen LogP contribution is -2.37. The third-order valence-electron chi connectivity index (χ3n) is 2.34. The van der Waals surface area contributed by atoms with Gasteiger partial charge < -0.3 is 16.0 Å². The molecule has 104 valence electrons. The molecule has 0 atom stereocenters. The molecule has 0 radical (unpaired) electrons. The van der Waals surface area contributed by atoms with Gasteiger partial charge in [-0.2, -0.15) is 0 Å². The summed E-state index contributed by atoms with van der Waals surface area (Å²) in [5.74, 6) is -0.0962. The molecular formula is C14H21N3O2. The maximum Gasteiger partial charge on any atom is 0.234 e. The Hall–Kier alpha value is -1.88. The molecular weight excluding hydrogens is 242 g/mol. The van der Waals surface area contributed by atoms with Gasteiger partial charge in [-0.25, -0.2) is 0 Å². The molecule has 0 spiro atoms. The van der Waals surface area contributed by atoms with Crippen molar-refractivity contribution in [1.82, 2.24) is 10.6 Å². The van der Waals surface area contributed by atoms with Gasteiger partial charge in [-0.15, -0.1) is 0 Å². The quantitative estimate of drug-likeness (QED) is 0.723. The highest BCUT2D eigenvalue weighted by Gasteiger charge is 2.02. The zero-order chi connectivity index (χ0) is 14.3. The molecule has 2 amide bonds. The van der Waals surface area contributed by atoms with E-state index >= 15 is 0 Å². The molecule has 1 aromatic rings. The van der Waals surface area contributed by atoms with Gasteiger partial charge in [0.15, 0.2) is 0 Å². The molecule has 0 aliphatic rings. The van der Waals surface area contributed by atoms with E-state index in [0.717, 1.165) is 11.3 Å². The van der Waals surface area contributed by atoms with Crippen LogP contribution in [-0.4, -0.2) is 24.4 Å². The summed E-state index contributed by atoms with van der Waals surface area (Å²) in [7, 11) is 0. The second-order valence-electron chi connectivity index (χ2n) is 4.70. The predicted octanol–water partition coefficient (Wildman–Crippen LogP) is 1.26. The molecule has 0 heterocycles. The van der Waals surface area contributed by atoms with Gasteiger partial charge in [0.25, 0.3) is 0 Å². The van der Waals surface area contributed by atoms with Crippen LogP contribution in [0.3, 0.4) is 0 Å². The summed E-state index contributed by atoms with van der Waals surface area (Å²) in [5, 5.41) is 8.58. The first-order valence-electron chi connectivity index (χ1n) is 6.34. The second-order valence-corrected chi connectivity index (χ2v) is 4.70. The van der Waals surface area contributed by atoms with Gasteiger partial charge in [0.2, 0.25) is 11.8 Å². The maximum atomic E-state index is 11.4. The van der Waals surface area contributed by atoms with Gasteiger partial charge in [0.1, 0.15) is 0 Å². The lowest BCUT2D eigenvalue weighted by Gasteiger charge is -2.09. The minimum atomic E-state index is -0.0868. The van der Waals surface area contributed by atoms with Gasteiger partial charge in [-0.3, -0.25) is 9.59 Å². The summed E-state index contributed by atoms with van der Waals surface area (Å²) in [6.45, 7) is 6.25. The van der Waals surface area contributed by atoms with Crippen molar-refractivity contribution in [3.05, 3.63) is 29.8 Å². The average Bonchev–Trinajstić information content (AvgIpc) is 2.29. The lowest BCUT2D eigenvalue weighted by molar-refractivity contribution is -0.120. The van der Waals surface area contributed by atoms with Gasteiger partial charge in [0, 0.05) is 25.2 Å². The zero-order valence-electron chi connectivity index (χ0n) is 11.6. The van der Waals surface area contributed by atoms with Crippen molar-refractivity contribution in [3.63, 3.8) is 0 Å². The number of amides is 2. The molecule has 1 aromatic carbocycles. The standard InChI is InChI=1S/C14H21N3O2/c1-10(2)16-14(19)9-15-8-12-4-6-13(7-5-12)17-11(3)18/h4-7,10,15H,8-9H2,1-3H3,(H,16,19)(H,17,18). The van der Waals surface area contributed by atoms with Crippen LogP contribution in [0.4, 0.5) is 5.69 Å². The largest absolute Gasteiger partial charge is 0.353 e. The maximum absolute atomic E-state index is 11.4. The van der Waals surface area contributed by atoms with E-state index in [1.807, 2.05) is 38.1 Å². The molecule has 0 saturated carbocycles. The van der Waals surface area contributed by atoms with E-state index in [1.165, 1.54) is 6.92 Å². The second kappa shape index (κ2) is 7.53. The molecule has 19 heavy (non-hydrogen) atoms. The van der Waals surface area contributed by atoms with Crippen LogP contribution in [0.5, 0.6) is 0 Å². The van der Waals surface area contributed by atoms with E-state index < -0.39 is 0 Å². The molecule has 5 heteroatoms. The summed E-state index contributed by atoms with van der Waals surface area (Å²) >= 11 is 0. The Balaban J connectivity index is 2.34. The van der Waals surface area contributed by atoms with E-state index in [9.17, 15) is 9.59 Å². The third-order valence-corrected chi connectivity index (χ3v) is 2.34. The molecule has 0 aromatic heterocycles. The van der Waals surface area contributed by atoms with Crippen LogP contribution in [0.25, 0.3) is 0 Å². The van der Waals surface area contributed by atoms with E-state index in [0.29, 0.717) is 13.1 Å². The van der Waals surface area contributed by atoms with Gasteiger partial charge in [-0.05, 0) is 31.5 Å². The minimum absolute atomic E-state index is 0.00938. The van der Waals surface area contributed by atoms with Crippen LogP contribution in [0.15, 0.2) is 24.3 Å². The van der Waals surface area contributed by atoms with Crippen molar-refractivity contribution >= 4 is 17.5 Å². The lowest BCUT2D eigenvalue weighted by atomic mass is 10.2. The Bertz CT molecular complexity index is 427. The summed E-state index contributed by atoms with van der Waals surface area (Å²) < 4.78 is 0. The van der Waals surface area contributed by atoms with Crippen LogP contribution in [-0.2, 0) is 16.1 Å². The summed E-state index contributed by atoms with van der Waals surface area (Å²) in [6, 6.07) is 7.67. The van der Waals surface area contributed by atoms with Crippen molar-refractivity contribution < 1.29 is 9.59 Å². The molecule has 5 nitrogen and oxygen atoms in total. The number of hydrogen-bond acceptors (Lipinski definition) is 3. The molecule has 0 aliphatic carbocycles. The van der Waals surface area contributed by atoms with Gasteiger partial charge in [-0.1, -0.05) is 12.1 Å². The molecule has 0 bridgehead atoms. The van der Waals surface area contributed by atoms with Crippen molar-refractivity contribution in [2.75, 3.05) is 11.9 Å². The SMILES string of the molecule is CC(=O)Nc1ccc(CNCC(=O)NC(C)C)cc1. The number of hydrogen-bond donors (Lipinski definition) is 3. The molecule has 3 N–H and O–H groups in total. The first kappa shape index (κ1) is 15.2. The average molecular weight is 263 g/mol. The zero-order valence-corrected chi connectivity index (χ0v) is 11.6. The van der Waals surface area contributed by atoms with Crippen molar-refractivity contribution in [1.29, 1.82) is 0 Å². The predicted molar refractivity (Wildman–Crippen MR) is 75.7 cm³/mol. The Labute approximate surface area is 113 Å². The Morgan fingerprint density at radius 2 is 1.79 bits per heavy atom. The summed E-state index contributed by atoms with van der Waals surface area (Å²) in [5.41, 5.74) is 1.83. The first-order valence-corrected chi connectivity index (χ1v) is 6.34.